The molecule has 0 amide bonds. The minimum atomic E-state index is -5.38. The van der Waals surface area contributed by atoms with Crippen molar-refractivity contribution in [3.05, 3.63) is 35.9 Å². The van der Waals surface area contributed by atoms with E-state index in [1.807, 2.05) is 37.3 Å². The summed E-state index contributed by atoms with van der Waals surface area (Å²) in [5, 5.41) is 9.24. The second kappa shape index (κ2) is 7.34. The van der Waals surface area contributed by atoms with E-state index in [-0.39, 0.29) is 12.6 Å². The van der Waals surface area contributed by atoms with Gasteiger partial charge in [0, 0.05) is 12.5 Å². The van der Waals surface area contributed by atoms with Gasteiger partial charge >= 0.3 is 15.2 Å². The molecule has 6 N–H and O–H groups in total. The molecule has 1 rings (SSSR count). The Morgan fingerprint density at radius 1 is 1.09 bits per heavy atom. The van der Waals surface area contributed by atoms with Crippen molar-refractivity contribution in [2.75, 3.05) is 6.54 Å². The van der Waals surface area contributed by atoms with Crippen LogP contribution in [0.5, 0.6) is 0 Å². The van der Waals surface area contributed by atoms with Crippen LogP contribution in [0.1, 0.15) is 18.9 Å². The van der Waals surface area contributed by atoms with Gasteiger partial charge < -0.3 is 30.0 Å². The molecule has 126 valence electrons. The van der Waals surface area contributed by atoms with E-state index in [0.717, 1.165) is 5.56 Å². The average Bonchev–Trinajstić information content (AvgIpc) is 2.37. The summed E-state index contributed by atoms with van der Waals surface area (Å²) in [6, 6.07) is 9.37. The van der Waals surface area contributed by atoms with E-state index in [1.54, 1.807) is 0 Å². The van der Waals surface area contributed by atoms with Crippen LogP contribution in [-0.4, -0.2) is 42.3 Å². The minimum absolute atomic E-state index is 0.0970. The number of aliphatic hydroxyl groups is 1. The number of rotatable bonds is 8. The Hall–Kier alpha value is -0.560. The average molecular weight is 353 g/mol. The first-order valence-corrected chi connectivity index (χ1v) is 9.81. The van der Waals surface area contributed by atoms with E-state index in [1.165, 1.54) is 0 Å². The van der Waals surface area contributed by atoms with Gasteiger partial charge in [-0.3, -0.25) is 9.13 Å². The van der Waals surface area contributed by atoms with E-state index in [9.17, 15) is 14.2 Å². The highest BCUT2D eigenvalue weighted by Gasteiger charge is 2.58. The molecule has 0 spiro atoms. The smallest absolute Gasteiger partial charge is 0.367 e. The first kappa shape index (κ1) is 19.5. The molecule has 0 saturated carbocycles. The molecule has 22 heavy (non-hydrogen) atoms. The first-order valence-electron chi connectivity index (χ1n) is 6.58. The van der Waals surface area contributed by atoms with Crippen molar-refractivity contribution in [1.29, 1.82) is 0 Å². The van der Waals surface area contributed by atoms with Gasteiger partial charge in [-0.05, 0) is 25.5 Å². The van der Waals surface area contributed by atoms with Gasteiger partial charge in [-0.15, -0.1) is 0 Å². The minimum Gasteiger partial charge on any atom is -0.367 e. The highest BCUT2D eigenvalue weighted by atomic mass is 31.2. The van der Waals surface area contributed by atoms with Crippen LogP contribution >= 0.6 is 15.2 Å². The van der Waals surface area contributed by atoms with Crippen molar-refractivity contribution in [2.24, 2.45) is 0 Å². The van der Waals surface area contributed by atoms with E-state index in [0.29, 0.717) is 6.42 Å². The Morgan fingerprint density at radius 3 is 2.05 bits per heavy atom. The zero-order valence-corrected chi connectivity index (χ0v) is 13.8. The van der Waals surface area contributed by atoms with Crippen LogP contribution in [0.4, 0.5) is 0 Å². The Morgan fingerprint density at radius 2 is 1.59 bits per heavy atom. The van der Waals surface area contributed by atoms with E-state index < -0.39 is 26.7 Å². The third-order valence-electron chi connectivity index (χ3n) is 3.27. The van der Waals surface area contributed by atoms with Crippen molar-refractivity contribution in [3.8, 4) is 0 Å². The Kier molecular flexibility index (Phi) is 6.50. The molecular weight excluding hydrogens is 332 g/mol. The fourth-order valence-corrected chi connectivity index (χ4v) is 4.15. The number of hydrogen-bond acceptors (Lipinski definition) is 4. The number of nitrogens with one attached hydrogen (secondary N) is 1. The molecule has 0 saturated heterocycles. The van der Waals surface area contributed by atoms with Crippen LogP contribution in [0, 0.1) is 0 Å². The summed E-state index contributed by atoms with van der Waals surface area (Å²) < 4.78 is 22.4. The lowest BCUT2D eigenvalue weighted by Gasteiger charge is -2.29. The maximum atomic E-state index is 11.2. The normalized spacial score (nSPS) is 14.8. The lowest BCUT2D eigenvalue weighted by atomic mass is 10.1. The molecule has 0 aliphatic carbocycles. The zero-order chi connectivity index (χ0) is 17.0. The molecule has 0 heterocycles. The standard InChI is InChI=1S/C12H21NO7P2/c1-10(9-11-5-3-2-4-6-11)13-8-7-12(14,21(15,16)17)22(18,19)20/h2-6,10,13-14H,7-9H2,1H3,(H2,15,16,17)(H2,18,19,20). The third-order valence-corrected chi connectivity index (χ3v) is 7.15. The molecule has 0 fully saturated rings. The van der Waals surface area contributed by atoms with Gasteiger partial charge in [0.05, 0.1) is 0 Å². The maximum absolute atomic E-state index is 11.2. The van der Waals surface area contributed by atoms with E-state index >= 15 is 0 Å². The summed E-state index contributed by atoms with van der Waals surface area (Å²) in [6.07, 6.45) is -0.133. The summed E-state index contributed by atoms with van der Waals surface area (Å²) in [5.74, 6) is 0. The summed E-state index contributed by atoms with van der Waals surface area (Å²) in [7, 11) is -10.8. The fraction of sp³-hybridized carbons (Fsp3) is 0.500. The van der Waals surface area contributed by atoms with Gasteiger partial charge in [0.1, 0.15) is 0 Å². The van der Waals surface area contributed by atoms with Crippen molar-refractivity contribution < 1.29 is 33.8 Å². The molecule has 1 atom stereocenters. The quantitative estimate of drug-likeness (QED) is 0.372. The van der Waals surface area contributed by atoms with Crippen LogP contribution in [0.25, 0.3) is 0 Å². The summed E-state index contributed by atoms with van der Waals surface area (Å²) in [6.45, 7) is 1.67. The largest absolute Gasteiger partial charge is 0.369 e. The predicted octanol–water partition coefficient (Wildman–Crippen LogP) is 0.599. The molecular formula is C12H21NO7P2. The van der Waals surface area contributed by atoms with E-state index in [4.69, 9.17) is 19.6 Å². The number of benzene rings is 1. The molecule has 8 nitrogen and oxygen atoms in total. The van der Waals surface area contributed by atoms with Gasteiger partial charge in [0.15, 0.2) is 0 Å². The number of hydrogen-bond donors (Lipinski definition) is 6. The second-order valence-electron chi connectivity index (χ2n) is 5.16. The Bertz CT molecular complexity index is 546. The SMILES string of the molecule is CC(Cc1ccccc1)NCCC(O)(P(=O)(O)O)P(=O)(O)O. The molecule has 0 radical (unpaired) electrons. The maximum Gasteiger partial charge on any atom is 0.369 e. The topological polar surface area (TPSA) is 147 Å². The lowest BCUT2D eigenvalue weighted by Crippen LogP contribution is -2.36. The highest BCUT2D eigenvalue weighted by Crippen LogP contribution is 2.68. The lowest BCUT2D eigenvalue weighted by molar-refractivity contribution is 0.122. The summed E-state index contributed by atoms with van der Waals surface area (Å²) in [4.78, 5) is 36.1. The monoisotopic (exact) mass is 353 g/mol. The van der Waals surface area contributed by atoms with Crippen LogP contribution in [-0.2, 0) is 15.6 Å². The van der Waals surface area contributed by atoms with Gasteiger partial charge in [0.2, 0.25) is 0 Å². The molecule has 0 aromatic heterocycles. The second-order valence-corrected chi connectivity index (χ2v) is 9.17. The van der Waals surface area contributed by atoms with Crippen molar-refractivity contribution >= 4 is 15.2 Å². The first-order chi connectivity index (χ1) is 9.97. The van der Waals surface area contributed by atoms with Crippen LogP contribution < -0.4 is 5.32 Å². The van der Waals surface area contributed by atoms with Crippen LogP contribution in [0.3, 0.4) is 0 Å². The predicted molar refractivity (Wildman–Crippen MR) is 81.3 cm³/mol. The van der Waals surface area contributed by atoms with Gasteiger partial charge in [-0.2, -0.15) is 0 Å². The van der Waals surface area contributed by atoms with Gasteiger partial charge in [-0.25, -0.2) is 0 Å². The van der Waals surface area contributed by atoms with Crippen LogP contribution in [0.15, 0.2) is 30.3 Å². The van der Waals surface area contributed by atoms with E-state index in [2.05, 4.69) is 5.32 Å². The molecule has 1 aromatic carbocycles. The summed E-state index contributed by atoms with van der Waals surface area (Å²) in [5.41, 5.74) is 1.04. The Labute approximate surface area is 128 Å². The highest BCUT2D eigenvalue weighted by molar-refractivity contribution is 7.72. The van der Waals surface area contributed by atoms with Crippen LogP contribution in [0.2, 0.25) is 0 Å². The molecule has 0 aliphatic heterocycles. The molecule has 0 aliphatic rings. The zero-order valence-electron chi connectivity index (χ0n) is 12.0. The molecule has 1 unspecified atom stereocenters. The Balaban J connectivity index is 2.61. The van der Waals surface area contributed by atoms with Crippen molar-refractivity contribution in [1.82, 2.24) is 5.32 Å². The molecule has 1 aromatic rings. The van der Waals surface area contributed by atoms with Crippen molar-refractivity contribution in [3.63, 3.8) is 0 Å². The fourth-order valence-electron chi connectivity index (χ4n) is 1.99. The van der Waals surface area contributed by atoms with Crippen molar-refractivity contribution in [2.45, 2.75) is 30.9 Å². The van der Waals surface area contributed by atoms with Gasteiger partial charge in [0.25, 0.3) is 5.08 Å². The third kappa shape index (κ3) is 4.98. The molecule has 10 heteroatoms. The summed E-state index contributed by atoms with van der Waals surface area (Å²) >= 11 is 0. The molecule has 0 bridgehead atoms. The van der Waals surface area contributed by atoms with Gasteiger partial charge in [-0.1, -0.05) is 30.3 Å².